The maximum atomic E-state index is 15.0. The normalized spacial score (nSPS) is 14.4. The van der Waals surface area contributed by atoms with Gasteiger partial charge in [-0.05, 0) is 72.9 Å². The lowest BCUT2D eigenvalue weighted by Crippen LogP contribution is -2.40. The Labute approximate surface area is 235 Å². The van der Waals surface area contributed by atoms with Crippen LogP contribution in [0.5, 0.6) is 0 Å². The highest BCUT2D eigenvalue weighted by Crippen LogP contribution is 2.41. The average molecular weight is 540 g/mol. The van der Waals surface area contributed by atoms with Crippen LogP contribution in [0, 0.1) is 22.6 Å². The standard InChI is InChI=1S/C33H34FN3O3/c1-37(2)27-12-14-29(30(34)20-27)28-13-10-24(18-25(28)22-35)21-33(16-5-4-6-17-33)32(39)36-26-9-7-8-23(19-26)11-15-31(38)40-3/h7-15,18-20H,4-6,16-17,21H2,1-3H3,(H,36,39)/b15-11+. The van der Waals surface area contributed by atoms with Crippen LogP contribution in [-0.4, -0.2) is 33.1 Å². The molecular weight excluding hydrogens is 505 g/mol. The van der Waals surface area contributed by atoms with Gasteiger partial charge in [0.05, 0.1) is 24.2 Å². The molecule has 0 aromatic heterocycles. The van der Waals surface area contributed by atoms with Crippen molar-refractivity contribution >= 4 is 29.3 Å². The van der Waals surface area contributed by atoms with Crippen LogP contribution in [0.3, 0.4) is 0 Å². The van der Waals surface area contributed by atoms with Crippen LogP contribution in [0.15, 0.2) is 66.7 Å². The van der Waals surface area contributed by atoms with Gasteiger partial charge < -0.3 is 15.0 Å². The Morgan fingerprint density at radius 2 is 1.80 bits per heavy atom. The summed E-state index contributed by atoms with van der Waals surface area (Å²) in [5.74, 6) is -0.900. The van der Waals surface area contributed by atoms with Crippen LogP contribution < -0.4 is 10.2 Å². The van der Waals surface area contributed by atoms with Crippen molar-refractivity contribution in [2.24, 2.45) is 5.41 Å². The van der Waals surface area contributed by atoms with Gasteiger partial charge in [0.2, 0.25) is 5.91 Å². The number of hydrogen-bond acceptors (Lipinski definition) is 5. The van der Waals surface area contributed by atoms with Gasteiger partial charge in [-0.3, -0.25) is 4.79 Å². The number of nitrogens with one attached hydrogen (secondary N) is 1. The van der Waals surface area contributed by atoms with Gasteiger partial charge in [0, 0.05) is 42.7 Å². The maximum Gasteiger partial charge on any atom is 0.330 e. The summed E-state index contributed by atoms with van der Waals surface area (Å²) < 4.78 is 19.6. The number of halogens is 1. The Kier molecular flexibility index (Phi) is 9.00. The molecule has 40 heavy (non-hydrogen) atoms. The van der Waals surface area contributed by atoms with E-state index in [4.69, 9.17) is 0 Å². The minimum absolute atomic E-state index is 0.0609. The molecule has 206 valence electrons. The highest BCUT2D eigenvalue weighted by molar-refractivity contribution is 5.96. The molecule has 1 amide bonds. The van der Waals surface area contributed by atoms with E-state index in [-0.39, 0.29) is 11.7 Å². The van der Waals surface area contributed by atoms with Gasteiger partial charge in [-0.15, -0.1) is 0 Å². The molecule has 3 aromatic rings. The predicted octanol–water partition coefficient (Wildman–Crippen LogP) is 6.75. The van der Waals surface area contributed by atoms with Gasteiger partial charge in [0.25, 0.3) is 0 Å². The molecule has 7 heteroatoms. The zero-order valence-electron chi connectivity index (χ0n) is 23.2. The number of carbonyl (C=O) groups excluding carboxylic acids is 2. The van der Waals surface area contributed by atoms with Crippen molar-refractivity contribution in [3.05, 3.63) is 89.2 Å². The lowest BCUT2D eigenvalue weighted by atomic mass is 9.69. The largest absolute Gasteiger partial charge is 0.466 e. The molecule has 1 N–H and O–H groups in total. The minimum atomic E-state index is -0.622. The minimum Gasteiger partial charge on any atom is -0.466 e. The van der Waals surface area contributed by atoms with E-state index < -0.39 is 11.4 Å². The van der Waals surface area contributed by atoms with Crippen molar-refractivity contribution in [1.82, 2.24) is 0 Å². The third kappa shape index (κ3) is 6.58. The molecule has 6 nitrogen and oxygen atoms in total. The van der Waals surface area contributed by atoms with Crippen molar-refractivity contribution in [3.63, 3.8) is 0 Å². The van der Waals surface area contributed by atoms with Crippen LogP contribution in [0.4, 0.5) is 15.8 Å². The molecule has 0 saturated heterocycles. The summed E-state index contributed by atoms with van der Waals surface area (Å²) in [5, 5.41) is 13.0. The van der Waals surface area contributed by atoms with Gasteiger partial charge in [-0.2, -0.15) is 5.26 Å². The molecule has 0 spiro atoms. The van der Waals surface area contributed by atoms with Crippen molar-refractivity contribution in [2.75, 3.05) is 31.4 Å². The maximum absolute atomic E-state index is 15.0. The lowest BCUT2D eigenvalue weighted by molar-refractivity contribution is -0.134. The Morgan fingerprint density at radius 3 is 2.48 bits per heavy atom. The predicted molar refractivity (Wildman–Crippen MR) is 156 cm³/mol. The highest BCUT2D eigenvalue weighted by atomic mass is 19.1. The molecule has 0 atom stereocenters. The first-order chi connectivity index (χ1) is 19.2. The third-order valence-corrected chi connectivity index (χ3v) is 7.56. The van der Waals surface area contributed by atoms with Crippen molar-refractivity contribution in [2.45, 2.75) is 38.5 Å². The summed E-state index contributed by atoms with van der Waals surface area (Å²) >= 11 is 0. The van der Waals surface area contributed by atoms with Crippen LogP contribution in [0.25, 0.3) is 17.2 Å². The van der Waals surface area contributed by atoms with E-state index in [2.05, 4.69) is 16.1 Å². The molecule has 1 aliphatic rings. The van der Waals surface area contributed by atoms with Gasteiger partial charge in [0.15, 0.2) is 0 Å². The van der Waals surface area contributed by atoms with E-state index in [1.807, 2.05) is 55.4 Å². The Bertz CT molecular complexity index is 1470. The molecule has 0 radical (unpaired) electrons. The zero-order chi connectivity index (χ0) is 28.7. The summed E-state index contributed by atoms with van der Waals surface area (Å²) in [4.78, 5) is 27.0. The monoisotopic (exact) mass is 539 g/mol. The number of methoxy groups -OCH3 is 1. The Hall–Kier alpha value is -4.44. The van der Waals surface area contributed by atoms with E-state index in [9.17, 15) is 19.2 Å². The van der Waals surface area contributed by atoms with Crippen LogP contribution in [-0.2, 0) is 20.7 Å². The first kappa shape index (κ1) is 28.6. The molecular formula is C33H34FN3O3. The number of anilines is 2. The number of benzene rings is 3. The van der Waals surface area contributed by atoms with Crippen LogP contribution in [0.2, 0.25) is 0 Å². The molecule has 1 fully saturated rings. The average Bonchev–Trinajstić information content (AvgIpc) is 2.96. The first-order valence-electron chi connectivity index (χ1n) is 13.4. The summed E-state index contributed by atoms with van der Waals surface area (Å²) in [7, 11) is 5.01. The van der Waals surface area contributed by atoms with E-state index in [1.165, 1.54) is 19.3 Å². The lowest BCUT2D eigenvalue weighted by Gasteiger charge is -2.36. The molecule has 0 heterocycles. The van der Waals surface area contributed by atoms with Crippen LogP contribution in [0.1, 0.15) is 48.8 Å². The molecule has 4 rings (SSSR count). The fourth-order valence-corrected chi connectivity index (χ4v) is 5.35. The smallest absolute Gasteiger partial charge is 0.330 e. The molecule has 1 saturated carbocycles. The van der Waals surface area contributed by atoms with Gasteiger partial charge >= 0.3 is 5.97 Å². The summed E-state index contributed by atoms with van der Waals surface area (Å²) in [6.45, 7) is 0. The number of esters is 1. The number of ether oxygens (including phenoxy) is 1. The SMILES string of the molecule is COC(=O)/C=C/c1cccc(NC(=O)C2(Cc3ccc(-c4ccc(N(C)C)cc4F)c(C#N)c3)CCCCC2)c1. The second-order valence-corrected chi connectivity index (χ2v) is 10.5. The number of nitriles is 1. The molecule has 0 aliphatic heterocycles. The summed E-state index contributed by atoms with van der Waals surface area (Å²) in [6.07, 6.45) is 7.91. The number of nitrogens with zero attached hydrogens (tertiary/aromatic N) is 2. The van der Waals surface area contributed by atoms with Gasteiger partial charge in [0.1, 0.15) is 5.82 Å². The summed E-state index contributed by atoms with van der Waals surface area (Å²) in [5.41, 5.74) is 3.69. The molecule has 3 aromatic carbocycles. The van der Waals surface area contributed by atoms with Gasteiger partial charge in [-0.25, -0.2) is 9.18 Å². The molecule has 0 unspecified atom stereocenters. The topological polar surface area (TPSA) is 82.4 Å². The third-order valence-electron chi connectivity index (χ3n) is 7.56. The molecule has 0 bridgehead atoms. The summed E-state index contributed by atoms with van der Waals surface area (Å²) in [6, 6.07) is 20.0. The van der Waals surface area contributed by atoms with Crippen molar-refractivity contribution in [1.29, 1.82) is 5.26 Å². The second-order valence-electron chi connectivity index (χ2n) is 10.5. The fraction of sp³-hybridized carbons (Fsp3) is 0.303. The zero-order valence-corrected chi connectivity index (χ0v) is 23.2. The quantitative estimate of drug-likeness (QED) is 0.253. The van der Waals surface area contributed by atoms with Gasteiger partial charge in [-0.1, -0.05) is 43.5 Å². The first-order valence-corrected chi connectivity index (χ1v) is 13.4. The Morgan fingerprint density at radius 1 is 1.05 bits per heavy atom. The van der Waals surface area contributed by atoms with Crippen molar-refractivity contribution in [3.8, 4) is 17.2 Å². The molecule has 1 aliphatic carbocycles. The van der Waals surface area contributed by atoms with E-state index in [0.717, 1.165) is 48.9 Å². The number of carbonyl (C=O) groups is 2. The van der Waals surface area contributed by atoms with E-state index in [0.29, 0.717) is 28.8 Å². The number of hydrogen-bond donors (Lipinski definition) is 1. The second kappa shape index (κ2) is 12.6. The van der Waals surface area contributed by atoms with Crippen molar-refractivity contribution < 1.29 is 18.7 Å². The van der Waals surface area contributed by atoms with E-state index in [1.54, 1.807) is 24.3 Å². The van der Waals surface area contributed by atoms with E-state index >= 15 is 0 Å². The number of amides is 1. The fourth-order valence-electron chi connectivity index (χ4n) is 5.35. The highest BCUT2D eigenvalue weighted by Gasteiger charge is 2.39. The number of rotatable bonds is 8. The Balaban J connectivity index is 1.59. The van der Waals surface area contributed by atoms with Crippen LogP contribution >= 0.6 is 0 Å².